The molecule has 2 rings (SSSR count). The lowest BCUT2D eigenvalue weighted by Gasteiger charge is -2.24. The SMILES string of the molecule is CCC(N)(SC)c1cc2oc(S(N)(=O)=O)cc2cn1. The average Bonchev–Trinajstić information content (AvgIpc) is 2.80. The fraction of sp³-hybridized carbons (Fsp3) is 0.364. The molecule has 1 unspecified atom stereocenters. The van der Waals surface area contributed by atoms with Gasteiger partial charge in [0.1, 0.15) is 10.5 Å². The Labute approximate surface area is 115 Å². The zero-order chi connectivity index (χ0) is 14.3. The number of fused-ring (bicyclic) bond motifs is 1. The third kappa shape index (κ3) is 2.62. The van der Waals surface area contributed by atoms with E-state index in [1.54, 1.807) is 6.07 Å². The summed E-state index contributed by atoms with van der Waals surface area (Å²) in [5, 5.41) is 5.33. The summed E-state index contributed by atoms with van der Waals surface area (Å²) in [5.41, 5.74) is 7.27. The second-order valence-corrected chi connectivity index (χ2v) is 6.79. The Kier molecular flexibility index (Phi) is 3.61. The van der Waals surface area contributed by atoms with E-state index < -0.39 is 14.9 Å². The minimum atomic E-state index is -3.86. The summed E-state index contributed by atoms with van der Waals surface area (Å²) in [5.74, 6) is 0. The molecule has 0 bridgehead atoms. The van der Waals surface area contributed by atoms with E-state index in [1.807, 2.05) is 13.2 Å². The van der Waals surface area contributed by atoms with Gasteiger partial charge in [-0.25, -0.2) is 13.6 Å². The van der Waals surface area contributed by atoms with Crippen LogP contribution in [0.25, 0.3) is 11.0 Å². The summed E-state index contributed by atoms with van der Waals surface area (Å²) < 4.78 is 27.7. The van der Waals surface area contributed by atoms with Crippen molar-refractivity contribution >= 4 is 32.8 Å². The molecule has 104 valence electrons. The molecule has 19 heavy (non-hydrogen) atoms. The van der Waals surface area contributed by atoms with Gasteiger partial charge in [-0.05, 0) is 12.7 Å². The van der Waals surface area contributed by atoms with Gasteiger partial charge in [-0.2, -0.15) is 0 Å². The minimum Gasteiger partial charge on any atom is -0.443 e. The predicted molar refractivity (Wildman–Crippen MR) is 75.1 cm³/mol. The molecule has 0 aliphatic carbocycles. The number of thioether (sulfide) groups is 1. The molecule has 0 saturated heterocycles. The Morgan fingerprint density at radius 1 is 1.47 bits per heavy atom. The van der Waals surface area contributed by atoms with Crippen molar-refractivity contribution in [3.63, 3.8) is 0 Å². The summed E-state index contributed by atoms with van der Waals surface area (Å²) in [7, 11) is -3.86. The number of nitrogens with zero attached hydrogens (tertiary/aromatic N) is 1. The molecule has 0 aliphatic rings. The molecular weight excluding hydrogens is 286 g/mol. The van der Waals surface area contributed by atoms with Gasteiger partial charge in [0.05, 0.1) is 5.69 Å². The molecule has 0 aromatic carbocycles. The number of nitrogens with two attached hydrogens (primary N) is 2. The lowest BCUT2D eigenvalue weighted by Crippen LogP contribution is -2.32. The molecule has 8 heteroatoms. The Hall–Kier alpha value is -1.09. The lowest BCUT2D eigenvalue weighted by molar-refractivity contribution is 0.481. The quantitative estimate of drug-likeness (QED) is 0.824. The van der Waals surface area contributed by atoms with Crippen LogP contribution >= 0.6 is 11.8 Å². The van der Waals surface area contributed by atoms with Gasteiger partial charge in [-0.1, -0.05) is 6.92 Å². The molecule has 2 aromatic heterocycles. The Morgan fingerprint density at radius 3 is 2.68 bits per heavy atom. The number of hydrogen-bond donors (Lipinski definition) is 2. The monoisotopic (exact) mass is 301 g/mol. The third-order valence-electron chi connectivity index (χ3n) is 2.98. The number of aromatic nitrogens is 1. The fourth-order valence-corrected chi connectivity index (χ4v) is 2.82. The number of primary sulfonamides is 1. The van der Waals surface area contributed by atoms with Crippen LogP contribution in [0.4, 0.5) is 0 Å². The van der Waals surface area contributed by atoms with E-state index in [2.05, 4.69) is 4.98 Å². The van der Waals surface area contributed by atoms with Crippen molar-refractivity contribution in [2.24, 2.45) is 10.9 Å². The van der Waals surface area contributed by atoms with E-state index in [0.717, 1.165) is 0 Å². The highest BCUT2D eigenvalue weighted by atomic mass is 32.2. The summed E-state index contributed by atoms with van der Waals surface area (Å²) in [6.45, 7) is 1.96. The summed E-state index contributed by atoms with van der Waals surface area (Å²) in [6.07, 6.45) is 4.12. The maximum absolute atomic E-state index is 11.2. The van der Waals surface area contributed by atoms with Crippen LogP contribution in [0.5, 0.6) is 0 Å². The van der Waals surface area contributed by atoms with Crippen molar-refractivity contribution in [1.29, 1.82) is 0 Å². The Balaban J connectivity index is 2.58. The van der Waals surface area contributed by atoms with Gasteiger partial charge in [0, 0.05) is 23.7 Å². The van der Waals surface area contributed by atoms with Gasteiger partial charge in [0.25, 0.3) is 10.0 Å². The number of hydrogen-bond acceptors (Lipinski definition) is 6. The van der Waals surface area contributed by atoms with Crippen LogP contribution in [-0.2, 0) is 14.9 Å². The van der Waals surface area contributed by atoms with Crippen molar-refractivity contribution in [1.82, 2.24) is 4.98 Å². The highest BCUT2D eigenvalue weighted by Crippen LogP contribution is 2.33. The Morgan fingerprint density at radius 2 is 2.16 bits per heavy atom. The van der Waals surface area contributed by atoms with Gasteiger partial charge in [-0.3, -0.25) is 4.98 Å². The van der Waals surface area contributed by atoms with Gasteiger partial charge >= 0.3 is 0 Å². The number of furan rings is 1. The molecule has 1 atom stereocenters. The van der Waals surface area contributed by atoms with E-state index in [9.17, 15) is 8.42 Å². The maximum atomic E-state index is 11.2. The number of pyridine rings is 1. The molecule has 0 amide bonds. The van der Waals surface area contributed by atoms with Crippen LogP contribution in [0.1, 0.15) is 19.0 Å². The predicted octanol–water partition coefficient (Wildman–Crippen LogP) is 1.36. The zero-order valence-electron chi connectivity index (χ0n) is 10.6. The van der Waals surface area contributed by atoms with Crippen LogP contribution in [0.3, 0.4) is 0 Å². The van der Waals surface area contributed by atoms with E-state index in [1.165, 1.54) is 24.0 Å². The molecule has 0 spiro atoms. The van der Waals surface area contributed by atoms with Crippen molar-refractivity contribution < 1.29 is 12.8 Å². The minimum absolute atomic E-state index is 0.273. The molecule has 0 fully saturated rings. The first-order valence-electron chi connectivity index (χ1n) is 5.57. The second-order valence-electron chi connectivity index (χ2n) is 4.16. The molecule has 0 saturated carbocycles. The van der Waals surface area contributed by atoms with Crippen molar-refractivity contribution in [2.75, 3.05) is 6.26 Å². The van der Waals surface area contributed by atoms with Crippen molar-refractivity contribution in [3.8, 4) is 0 Å². The van der Waals surface area contributed by atoms with Crippen molar-refractivity contribution in [2.45, 2.75) is 23.3 Å². The molecule has 4 N–H and O–H groups in total. The van der Waals surface area contributed by atoms with Crippen LogP contribution < -0.4 is 10.9 Å². The zero-order valence-corrected chi connectivity index (χ0v) is 12.2. The highest BCUT2D eigenvalue weighted by Gasteiger charge is 2.26. The van der Waals surface area contributed by atoms with Gasteiger partial charge in [0.15, 0.2) is 0 Å². The standard InChI is InChI=1S/C11H15N3O3S2/c1-3-11(12,18-2)9-5-8-7(6-14-9)4-10(17-8)19(13,15)16/h4-6H,3,12H2,1-2H3,(H2,13,15,16). The van der Waals surface area contributed by atoms with E-state index in [0.29, 0.717) is 23.1 Å². The lowest BCUT2D eigenvalue weighted by atomic mass is 10.1. The smallest absolute Gasteiger partial charge is 0.271 e. The van der Waals surface area contributed by atoms with E-state index in [-0.39, 0.29) is 5.09 Å². The maximum Gasteiger partial charge on any atom is 0.271 e. The molecule has 0 aliphatic heterocycles. The highest BCUT2D eigenvalue weighted by molar-refractivity contribution is 7.99. The summed E-state index contributed by atoms with van der Waals surface area (Å²) in [6, 6.07) is 3.01. The second kappa shape index (κ2) is 4.78. The topological polar surface area (TPSA) is 112 Å². The normalized spacial score (nSPS) is 15.6. The van der Waals surface area contributed by atoms with E-state index in [4.69, 9.17) is 15.3 Å². The van der Waals surface area contributed by atoms with Gasteiger partial charge in [0.2, 0.25) is 5.09 Å². The summed E-state index contributed by atoms with van der Waals surface area (Å²) in [4.78, 5) is 3.65. The van der Waals surface area contributed by atoms with Gasteiger partial charge in [-0.15, -0.1) is 11.8 Å². The molecule has 6 nitrogen and oxygen atoms in total. The van der Waals surface area contributed by atoms with E-state index >= 15 is 0 Å². The van der Waals surface area contributed by atoms with Crippen LogP contribution in [-0.4, -0.2) is 19.7 Å². The number of sulfonamides is 1. The largest absolute Gasteiger partial charge is 0.443 e. The van der Waals surface area contributed by atoms with Crippen LogP contribution in [0, 0.1) is 0 Å². The first-order chi connectivity index (χ1) is 8.80. The van der Waals surface area contributed by atoms with Crippen molar-refractivity contribution in [3.05, 3.63) is 24.0 Å². The number of rotatable bonds is 4. The van der Waals surface area contributed by atoms with Crippen LogP contribution in [0.2, 0.25) is 0 Å². The first-order valence-corrected chi connectivity index (χ1v) is 8.34. The first kappa shape index (κ1) is 14.3. The van der Waals surface area contributed by atoms with Gasteiger partial charge < -0.3 is 10.2 Å². The van der Waals surface area contributed by atoms with Crippen LogP contribution in [0.15, 0.2) is 27.8 Å². The Bertz CT molecular complexity index is 705. The molecular formula is C11H15N3O3S2. The fourth-order valence-electron chi connectivity index (χ4n) is 1.71. The molecule has 2 aromatic rings. The molecule has 2 heterocycles. The third-order valence-corrected chi connectivity index (χ3v) is 4.97. The summed E-state index contributed by atoms with van der Waals surface area (Å²) >= 11 is 1.48. The molecule has 0 radical (unpaired) electrons. The average molecular weight is 301 g/mol.